The van der Waals surface area contributed by atoms with Crippen molar-refractivity contribution in [3.05, 3.63) is 29.8 Å². The SMILES string of the molecule is C[C@H](NC(=O)CNC(=O)c1ccccc1OC(F)F)C(=O)O. The van der Waals surface area contributed by atoms with E-state index in [-0.39, 0.29) is 11.3 Å². The Morgan fingerprint density at radius 3 is 2.50 bits per heavy atom. The van der Waals surface area contributed by atoms with Gasteiger partial charge in [0, 0.05) is 0 Å². The van der Waals surface area contributed by atoms with E-state index in [4.69, 9.17) is 5.11 Å². The average molecular weight is 316 g/mol. The quantitative estimate of drug-likeness (QED) is 0.683. The van der Waals surface area contributed by atoms with E-state index >= 15 is 0 Å². The maximum atomic E-state index is 12.2. The molecular weight excluding hydrogens is 302 g/mol. The molecule has 120 valence electrons. The zero-order chi connectivity index (χ0) is 16.7. The van der Waals surface area contributed by atoms with Crippen LogP contribution < -0.4 is 15.4 Å². The number of nitrogens with one attached hydrogen (secondary N) is 2. The number of para-hydroxylation sites is 1. The Bertz CT molecular complexity index is 565. The number of aliphatic carboxylic acids is 1. The van der Waals surface area contributed by atoms with Gasteiger partial charge in [-0.3, -0.25) is 14.4 Å². The first-order valence-electron chi connectivity index (χ1n) is 6.15. The number of benzene rings is 1. The molecule has 1 rings (SSSR count). The van der Waals surface area contributed by atoms with Gasteiger partial charge in [0.2, 0.25) is 5.91 Å². The molecule has 0 saturated heterocycles. The van der Waals surface area contributed by atoms with Crippen LogP contribution in [0.4, 0.5) is 8.78 Å². The molecule has 0 spiro atoms. The molecule has 1 aromatic carbocycles. The summed E-state index contributed by atoms with van der Waals surface area (Å²) in [6.45, 7) is -2.33. The Balaban J connectivity index is 2.63. The number of hydrogen-bond acceptors (Lipinski definition) is 4. The largest absolute Gasteiger partial charge is 0.480 e. The predicted molar refractivity (Wildman–Crippen MR) is 70.6 cm³/mol. The van der Waals surface area contributed by atoms with Crippen molar-refractivity contribution in [3.63, 3.8) is 0 Å². The van der Waals surface area contributed by atoms with E-state index in [1.807, 2.05) is 0 Å². The maximum absolute atomic E-state index is 12.2. The van der Waals surface area contributed by atoms with Crippen molar-refractivity contribution in [2.45, 2.75) is 19.6 Å². The third-order valence-corrected chi connectivity index (χ3v) is 2.51. The normalized spacial score (nSPS) is 11.6. The van der Waals surface area contributed by atoms with Crippen LogP contribution in [0.3, 0.4) is 0 Å². The standard InChI is InChI=1S/C13H14F2N2O5/c1-7(12(20)21)17-10(18)6-16-11(19)8-4-2-3-5-9(8)22-13(14)15/h2-5,7,13H,6H2,1H3,(H,16,19)(H,17,18)(H,20,21)/t7-/m0/s1. The van der Waals surface area contributed by atoms with Gasteiger partial charge in [0.1, 0.15) is 11.8 Å². The molecule has 0 unspecified atom stereocenters. The van der Waals surface area contributed by atoms with E-state index in [2.05, 4.69) is 15.4 Å². The zero-order valence-electron chi connectivity index (χ0n) is 11.5. The van der Waals surface area contributed by atoms with Crippen LogP contribution in [0.5, 0.6) is 5.75 Å². The predicted octanol–water partition coefficient (Wildman–Crippen LogP) is 0.607. The number of amides is 2. The van der Waals surface area contributed by atoms with Crippen molar-refractivity contribution in [2.24, 2.45) is 0 Å². The lowest BCUT2D eigenvalue weighted by Crippen LogP contribution is -2.44. The van der Waals surface area contributed by atoms with Crippen molar-refractivity contribution < 1.29 is 33.0 Å². The molecule has 7 nitrogen and oxygen atoms in total. The fourth-order valence-corrected chi connectivity index (χ4v) is 1.46. The molecule has 0 aromatic heterocycles. The molecule has 2 amide bonds. The van der Waals surface area contributed by atoms with E-state index in [1.54, 1.807) is 0 Å². The molecule has 0 aliphatic carbocycles. The van der Waals surface area contributed by atoms with Gasteiger partial charge in [0.25, 0.3) is 5.91 Å². The molecule has 1 aromatic rings. The van der Waals surface area contributed by atoms with Crippen LogP contribution in [0.15, 0.2) is 24.3 Å². The van der Waals surface area contributed by atoms with Crippen molar-refractivity contribution in [2.75, 3.05) is 6.54 Å². The highest BCUT2D eigenvalue weighted by Gasteiger charge is 2.17. The second kappa shape index (κ2) is 7.91. The van der Waals surface area contributed by atoms with E-state index in [1.165, 1.54) is 31.2 Å². The minimum atomic E-state index is -3.09. The maximum Gasteiger partial charge on any atom is 0.387 e. The van der Waals surface area contributed by atoms with Gasteiger partial charge in [0.05, 0.1) is 12.1 Å². The van der Waals surface area contributed by atoms with Gasteiger partial charge in [-0.15, -0.1) is 0 Å². The highest BCUT2D eigenvalue weighted by atomic mass is 19.3. The van der Waals surface area contributed by atoms with Crippen LogP contribution >= 0.6 is 0 Å². The van der Waals surface area contributed by atoms with Crippen LogP contribution in [-0.2, 0) is 9.59 Å². The topological polar surface area (TPSA) is 105 Å². The summed E-state index contributed by atoms with van der Waals surface area (Å²) >= 11 is 0. The van der Waals surface area contributed by atoms with Gasteiger partial charge >= 0.3 is 12.6 Å². The number of ether oxygens (including phenoxy) is 1. The van der Waals surface area contributed by atoms with Gasteiger partial charge in [-0.2, -0.15) is 8.78 Å². The van der Waals surface area contributed by atoms with Crippen LogP contribution in [0.1, 0.15) is 17.3 Å². The average Bonchev–Trinajstić information content (AvgIpc) is 2.44. The monoisotopic (exact) mass is 316 g/mol. The van der Waals surface area contributed by atoms with Crippen LogP contribution in [0.25, 0.3) is 0 Å². The fourth-order valence-electron chi connectivity index (χ4n) is 1.46. The zero-order valence-corrected chi connectivity index (χ0v) is 11.5. The Labute approximate surface area is 124 Å². The minimum absolute atomic E-state index is 0.165. The third kappa shape index (κ3) is 5.35. The number of carboxylic acid groups (broad SMARTS) is 1. The number of carbonyl (C=O) groups excluding carboxylic acids is 2. The van der Waals surface area contributed by atoms with Gasteiger partial charge in [-0.25, -0.2) is 0 Å². The fraction of sp³-hybridized carbons (Fsp3) is 0.308. The first-order chi connectivity index (χ1) is 10.3. The smallest absolute Gasteiger partial charge is 0.387 e. The minimum Gasteiger partial charge on any atom is -0.480 e. The first kappa shape index (κ1) is 17.3. The van der Waals surface area contributed by atoms with Crippen LogP contribution in [-0.4, -0.2) is 42.1 Å². The lowest BCUT2D eigenvalue weighted by atomic mass is 10.2. The first-order valence-corrected chi connectivity index (χ1v) is 6.15. The lowest BCUT2D eigenvalue weighted by molar-refractivity contribution is -0.141. The van der Waals surface area contributed by atoms with Crippen LogP contribution in [0.2, 0.25) is 0 Å². The number of halogens is 2. The molecule has 1 atom stereocenters. The third-order valence-electron chi connectivity index (χ3n) is 2.51. The van der Waals surface area contributed by atoms with Crippen molar-refractivity contribution in [3.8, 4) is 5.75 Å². The number of rotatable bonds is 7. The van der Waals surface area contributed by atoms with Gasteiger partial charge < -0.3 is 20.5 Å². The summed E-state index contributed by atoms with van der Waals surface area (Å²) in [7, 11) is 0. The summed E-state index contributed by atoms with van der Waals surface area (Å²) < 4.78 is 28.6. The molecule has 0 radical (unpaired) electrons. The lowest BCUT2D eigenvalue weighted by Gasteiger charge is -2.12. The second-order valence-electron chi connectivity index (χ2n) is 4.18. The number of carboxylic acids is 1. The van der Waals surface area contributed by atoms with E-state index in [9.17, 15) is 23.2 Å². The Kier molecular flexibility index (Phi) is 6.24. The van der Waals surface area contributed by atoms with Crippen LogP contribution in [0, 0.1) is 0 Å². The summed E-state index contributed by atoms with van der Waals surface area (Å²) in [6.07, 6.45) is 0. The highest BCUT2D eigenvalue weighted by Crippen LogP contribution is 2.19. The molecule has 0 aliphatic heterocycles. The van der Waals surface area contributed by atoms with E-state index < -0.39 is 37.0 Å². The molecule has 9 heteroatoms. The van der Waals surface area contributed by atoms with Gasteiger partial charge in [-0.1, -0.05) is 12.1 Å². The van der Waals surface area contributed by atoms with Crippen molar-refractivity contribution >= 4 is 17.8 Å². The number of hydrogen-bond donors (Lipinski definition) is 3. The van der Waals surface area contributed by atoms with E-state index in [0.29, 0.717) is 0 Å². The summed E-state index contributed by atoms with van der Waals surface area (Å²) in [6, 6.07) is 4.19. The molecule has 0 fully saturated rings. The number of carbonyl (C=O) groups is 3. The van der Waals surface area contributed by atoms with Gasteiger partial charge in [0.15, 0.2) is 0 Å². The molecule has 0 heterocycles. The molecule has 0 bridgehead atoms. The molecule has 0 aliphatic rings. The molecular formula is C13H14F2N2O5. The Morgan fingerprint density at radius 2 is 1.91 bits per heavy atom. The second-order valence-corrected chi connectivity index (χ2v) is 4.18. The summed E-state index contributed by atoms with van der Waals surface area (Å²) in [5.74, 6) is -3.07. The Hall–Kier alpha value is -2.71. The van der Waals surface area contributed by atoms with Crippen molar-refractivity contribution in [1.82, 2.24) is 10.6 Å². The number of alkyl halides is 2. The molecule has 3 N–H and O–H groups in total. The summed E-state index contributed by atoms with van der Waals surface area (Å²) in [4.78, 5) is 33.8. The highest BCUT2D eigenvalue weighted by molar-refractivity contribution is 5.99. The molecule has 0 saturated carbocycles. The van der Waals surface area contributed by atoms with Crippen molar-refractivity contribution in [1.29, 1.82) is 0 Å². The summed E-state index contributed by atoms with van der Waals surface area (Å²) in [5, 5.41) is 12.9. The summed E-state index contributed by atoms with van der Waals surface area (Å²) in [5.41, 5.74) is -0.165. The van der Waals surface area contributed by atoms with Gasteiger partial charge in [-0.05, 0) is 19.1 Å². The Morgan fingerprint density at radius 1 is 1.27 bits per heavy atom. The molecule has 22 heavy (non-hydrogen) atoms. The van der Waals surface area contributed by atoms with E-state index in [0.717, 1.165) is 0 Å².